The van der Waals surface area contributed by atoms with E-state index in [1.807, 2.05) is 18.2 Å². The summed E-state index contributed by atoms with van der Waals surface area (Å²) in [5.74, 6) is -0.0285. The fourth-order valence-electron chi connectivity index (χ4n) is 3.58. The number of carbonyl (C=O) groups excluding carboxylic acids is 1. The van der Waals surface area contributed by atoms with Crippen molar-refractivity contribution in [3.63, 3.8) is 0 Å². The molecule has 1 aromatic carbocycles. The number of pyridine rings is 1. The van der Waals surface area contributed by atoms with Crippen LogP contribution in [0.25, 0.3) is 10.9 Å². The van der Waals surface area contributed by atoms with Crippen molar-refractivity contribution in [2.24, 2.45) is 0 Å². The summed E-state index contributed by atoms with van der Waals surface area (Å²) in [5.41, 5.74) is 2.54. The number of amides is 1. The molecule has 1 aliphatic heterocycles. The Hall–Kier alpha value is -1.81. The third-order valence-electron chi connectivity index (χ3n) is 5.15. The van der Waals surface area contributed by atoms with Crippen molar-refractivity contribution in [2.75, 3.05) is 18.0 Å². The summed E-state index contributed by atoms with van der Waals surface area (Å²) in [6, 6.07) is 6.15. The largest absolute Gasteiger partial charge is 0.370 e. The molecule has 1 aromatic heterocycles. The fraction of sp³-hybridized carbons (Fsp3) is 0.474. The maximum absolute atomic E-state index is 12.5. The van der Waals surface area contributed by atoms with Gasteiger partial charge < -0.3 is 10.2 Å². The number of halogens is 1. The Morgan fingerprint density at radius 1 is 1.12 bits per heavy atom. The van der Waals surface area contributed by atoms with Crippen molar-refractivity contribution < 1.29 is 4.79 Å². The van der Waals surface area contributed by atoms with Crippen LogP contribution in [0.3, 0.4) is 0 Å². The van der Waals surface area contributed by atoms with Gasteiger partial charge in [-0.2, -0.15) is 0 Å². The maximum Gasteiger partial charge on any atom is 0.253 e. The van der Waals surface area contributed by atoms with Gasteiger partial charge >= 0.3 is 0 Å². The van der Waals surface area contributed by atoms with E-state index >= 15 is 0 Å². The molecule has 0 radical (unpaired) electrons. The van der Waals surface area contributed by atoms with Gasteiger partial charge in [-0.15, -0.1) is 0 Å². The van der Waals surface area contributed by atoms with Gasteiger partial charge in [0.25, 0.3) is 5.91 Å². The van der Waals surface area contributed by atoms with E-state index in [0.717, 1.165) is 47.5 Å². The molecule has 2 heterocycles. The van der Waals surface area contributed by atoms with E-state index in [-0.39, 0.29) is 5.91 Å². The number of nitrogens with zero attached hydrogens (tertiary/aromatic N) is 2. The lowest BCUT2D eigenvalue weighted by Gasteiger charge is -2.34. The first-order valence-corrected chi connectivity index (χ1v) is 9.23. The van der Waals surface area contributed by atoms with Crippen molar-refractivity contribution in [2.45, 2.75) is 44.6 Å². The third kappa shape index (κ3) is 3.07. The van der Waals surface area contributed by atoms with Gasteiger partial charge in [0.15, 0.2) is 0 Å². The van der Waals surface area contributed by atoms with Crippen LogP contribution in [0.15, 0.2) is 24.4 Å². The molecule has 0 spiro atoms. The van der Waals surface area contributed by atoms with E-state index < -0.39 is 0 Å². The molecule has 2 aromatic rings. The van der Waals surface area contributed by atoms with E-state index in [1.165, 1.54) is 25.7 Å². The first kappa shape index (κ1) is 15.7. The molecule has 1 aliphatic carbocycles. The van der Waals surface area contributed by atoms with E-state index in [2.05, 4.69) is 15.2 Å². The van der Waals surface area contributed by atoms with Gasteiger partial charge in [-0.1, -0.05) is 30.9 Å². The SMILES string of the molecule is O=C(NC1CCCCC1)c1cnc2cc(N3CCC3)c(Cl)cc2c1. The van der Waals surface area contributed by atoms with Crippen LogP contribution in [-0.4, -0.2) is 30.0 Å². The normalized spacial score (nSPS) is 18.5. The lowest BCUT2D eigenvalue weighted by molar-refractivity contribution is 0.0927. The second-order valence-electron chi connectivity index (χ2n) is 6.87. The molecule has 4 rings (SSSR count). The summed E-state index contributed by atoms with van der Waals surface area (Å²) in [4.78, 5) is 19.2. The zero-order chi connectivity index (χ0) is 16.5. The molecule has 4 nitrogen and oxygen atoms in total. The van der Waals surface area contributed by atoms with Crippen LogP contribution in [0.4, 0.5) is 5.69 Å². The highest BCUT2D eigenvalue weighted by Crippen LogP contribution is 2.33. The zero-order valence-electron chi connectivity index (χ0n) is 13.7. The van der Waals surface area contributed by atoms with Gasteiger partial charge in [0.05, 0.1) is 21.8 Å². The van der Waals surface area contributed by atoms with Crippen molar-refractivity contribution in [3.8, 4) is 0 Å². The number of hydrogen-bond acceptors (Lipinski definition) is 3. The molecular weight excluding hydrogens is 322 g/mol. The van der Waals surface area contributed by atoms with E-state index in [9.17, 15) is 4.79 Å². The van der Waals surface area contributed by atoms with E-state index in [4.69, 9.17) is 11.6 Å². The zero-order valence-corrected chi connectivity index (χ0v) is 14.5. The number of carbonyl (C=O) groups is 1. The van der Waals surface area contributed by atoms with Crippen LogP contribution in [0, 0.1) is 0 Å². The Labute approximate surface area is 147 Å². The van der Waals surface area contributed by atoms with Crippen LogP contribution in [0.5, 0.6) is 0 Å². The van der Waals surface area contributed by atoms with Crippen LogP contribution < -0.4 is 10.2 Å². The highest BCUT2D eigenvalue weighted by Gasteiger charge is 2.20. The summed E-state index contributed by atoms with van der Waals surface area (Å²) in [6.45, 7) is 2.10. The average Bonchev–Trinajstić information content (AvgIpc) is 2.54. The number of nitrogens with one attached hydrogen (secondary N) is 1. The Morgan fingerprint density at radius 3 is 2.62 bits per heavy atom. The summed E-state index contributed by atoms with van der Waals surface area (Å²) < 4.78 is 0. The molecule has 1 saturated carbocycles. The van der Waals surface area contributed by atoms with Crippen LogP contribution >= 0.6 is 11.6 Å². The van der Waals surface area contributed by atoms with Crippen molar-refractivity contribution in [3.05, 3.63) is 35.0 Å². The van der Waals surface area contributed by atoms with Crippen LogP contribution in [-0.2, 0) is 0 Å². The van der Waals surface area contributed by atoms with Crippen molar-refractivity contribution >= 4 is 34.1 Å². The fourth-order valence-corrected chi connectivity index (χ4v) is 3.87. The van der Waals surface area contributed by atoms with Crippen molar-refractivity contribution in [1.82, 2.24) is 10.3 Å². The smallest absolute Gasteiger partial charge is 0.253 e. The Kier molecular flexibility index (Phi) is 4.31. The van der Waals surface area contributed by atoms with Gasteiger partial charge in [0, 0.05) is 30.7 Å². The monoisotopic (exact) mass is 343 g/mol. The maximum atomic E-state index is 12.5. The number of rotatable bonds is 3. The second kappa shape index (κ2) is 6.60. The molecule has 0 unspecified atom stereocenters. The van der Waals surface area contributed by atoms with Gasteiger partial charge in [-0.25, -0.2) is 0 Å². The molecule has 5 heteroatoms. The minimum Gasteiger partial charge on any atom is -0.370 e. The number of aromatic nitrogens is 1. The molecule has 0 atom stereocenters. The minimum absolute atomic E-state index is 0.0285. The molecule has 1 amide bonds. The van der Waals surface area contributed by atoms with Gasteiger partial charge in [0.1, 0.15) is 0 Å². The number of anilines is 1. The quantitative estimate of drug-likeness (QED) is 0.910. The van der Waals surface area contributed by atoms with Gasteiger partial charge in [-0.3, -0.25) is 9.78 Å². The molecule has 0 bridgehead atoms. The average molecular weight is 344 g/mol. The van der Waals surface area contributed by atoms with Crippen molar-refractivity contribution in [1.29, 1.82) is 0 Å². The van der Waals surface area contributed by atoms with Gasteiger partial charge in [-0.05, 0) is 37.5 Å². The highest BCUT2D eigenvalue weighted by atomic mass is 35.5. The first-order valence-electron chi connectivity index (χ1n) is 8.86. The minimum atomic E-state index is -0.0285. The third-order valence-corrected chi connectivity index (χ3v) is 5.45. The molecule has 126 valence electrons. The Bertz CT molecular complexity index is 767. The number of hydrogen-bond donors (Lipinski definition) is 1. The second-order valence-corrected chi connectivity index (χ2v) is 7.28. The van der Waals surface area contributed by atoms with E-state index in [1.54, 1.807) is 6.20 Å². The lowest BCUT2D eigenvalue weighted by Crippen LogP contribution is -2.37. The molecule has 2 fully saturated rings. The summed E-state index contributed by atoms with van der Waals surface area (Å²) in [6.07, 6.45) is 8.74. The highest BCUT2D eigenvalue weighted by molar-refractivity contribution is 6.34. The Balaban J connectivity index is 1.57. The lowest BCUT2D eigenvalue weighted by atomic mass is 9.95. The molecule has 1 N–H and O–H groups in total. The standard InChI is InChI=1S/C19H22ClN3O/c20-16-10-13-9-14(19(24)22-15-5-2-1-3-6-15)12-21-17(13)11-18(16)23-7-4-8-23/h9-12,15H,1-8H2,(H,22,24). The first-order chi connectivity index (χ1) is 11.7. The summed E-state index contributed by atoms with van der Waals surface area (Å²) >= 11 is 6.43. The Morgan fingerprint density at radius 2 is 1.92 bits per heavy atom. The molecule has 1 saturated heterocycles. The summed E-state index contributed by atoms with van der Waals surface area (Å²) in [7, 11) is 0. The molecular formula is C19H22ClN3O. The molecule has 24 heavy (non-hydrogen) atoms. The van der Waals surface area contributed by atoms with Gasteiger partial charge in [0.2, 0.25) is 0 Å². The number of fused-ring (bicyclic) bond motifs is 1. The van der Waals surface area contributed by atoms with E-state index in [0.29, 0.717) is 11.6 Å². The summed E-state index contributed by atoms with van der Waals surface area (Å²) in [5, 5.41) is 4.79. The molecule has 2 aliphatic rings. The van der Waals surface area contributed by atoms with Crippen LogP contribution in [0.2, 0.25) is 5.02 Å². The number of benzene rings is 1. The van der Waals surface area contributed by atoms with Crippen LogP contribution in [0.1, 0.15) is 48.9 Å². The predicted molar refractivity (Wildman–Crippen MR) is 97.9 cm³/mol. The predicted octanol–water partition coefficient (Wildman–Crippen LogP) is 4.16. The topological polar surface area (TPSA) is 45.2 Å².